The first-order valence-corrected chi connectivity index (χ1v) is 10.5. The fourth-order valence-electron chi connectivity index (χ4n) is 3.67. The molecule has 3 rings (SSSR count). The predicted molar refractivity (Wildman–Crippen MR) is 118 cm³/mol. The van der Waals surface area contributed by atoms with E-state index in [9.17, 15) is 14.7 Å². The van der Waals surface area contributed by atoms with Crippen molar-refractivity contribution in [2.24, 2.45) is 0 Å². The summed E-state index contributed by atoms with van der Waals surface area (Å²) in [5, 5.41) is 13.0. The van der Waals surface area contributed by atoms with Gasteiger partial charge in [0.25, 0.3) is 5.91 Å². The minimum Gasteiger partial charge on any atom is -0.508 e. The molecule has 6 heteroatoms. The Labute approximate surface area is 176 Å². The lowest BCUT2D eigenvalue weighted by Gasteiger charge is -2.12. The number of aliphatic hydroxyl groups is 1. The number of hydrogen-bond donors (Lipinski definition) is 3. The zero-order valence-corrected chi connectivity index (χ0v) is 17.6. The molecule has 30 heavy (non-hydrogen) atoms. The van der Waals surface area contributed by atoms with Crippen LogP contribution in [0.2, 0.25) is 0 Å². The van der Waals surface area contributed by atoms with Crippen molar-refractivity contribution in [2.75, 3.05) is 0 Å². The SMILES string of the molecule is C/C=C\C(O)=C(\C)CCc1cc(-c2ccc(C(=O)NC3CCCC3)cc2)nc(=O)[nH]1. The van der Waals surface area contributed by atoms with Crippen LogP contribution in [0, 0.1) is 0 Å². The Morgan fingerprint density at radius 1 is 1.27 bits per heavy atom. The third-order valence-electron chi connectivity index (χ3n) is 5.46. The summed E-state index contributed by atoms with van der Waals surface area (Å²) in [7, 11) is 0. The van der Waals surface area contributed by atoms with E-state index in [1.165, 1.54) is 12.8 Å². The number of aryl methyl sites for hydroxylation is 1. The van der Waals surface area contributed by atoms with Crippen LogP contribution in [-0.2, 0) is 6.42 Å². The number of nitrogens with zero attached hydrogens (tertiary/aromatic N) is 1. The third-order valence-corrected chi connectivity index (χ3v) is 5.46. The van der Waals surface area contributed by atoms with Crippen molar-refractivity contribution in [3.8, 4) is 11.3 Å². The van der Waals surface area contributed by atoms with Gasteiger partial charge in [0.05, 0.1) is 5.69 Å². The molecule has 1 fully saturated rings. The third kappa shape index (κ3) is 5.69. The molecule has 0 radical (unpaired) electrons. The molecule has 0 bridgehead atoms. The van der Waals surface area contributed by atoms with Crippen molar-refractivity contribution >= 4 is 5.91 Å². The highest BCUT2D eigenvalue weighted by Gasteiger charge is 2.18. The monoisotopic (exact) mass is 407 g/mol. The van der Waals surface area contributed by atoms with E-state index in [1.54, 1.807) is 24.3 Å². The Balaban J connectivity index is 1.71. The standard InChI is InChI=1S/C24H29N3O3/c1-3-6-22(28)16(2)9-14-20-15-21(27-24(30)26-20)17-10-12-18(13-11-17)23(29)25-19-7-4-5-8-19/h3,6,10-13,15,19,28H,4-5,7-9,14H2,1-2H3,(H,25,29)(H,26,27,30)/b6-3-,22-16+. The van der Waals surface area contributed by atoms with Crippen LogP contribution in [0.15, 0.2) is 58.6 Å². The zero-order valence-electron chi connectivity index (χ0n) is 17.6. The quantitative estimate of drug-likeness (QED) is 0.467. The Morgan fingerprint density at radius 2 is 1.97 bits per heavy atom. The zero-order chi connectivity index (χ0) is 21.5. The van der Waals surface area contributed by atoms with Gasteiger partial charge in [-0.15, -0.1) is 0 Å². The van der Waals surface area contributed by atoms with Crippen LogP contribution < -0.4 is 11.0 Å². The van der Waals surface area contributed by atoms with Gasteiger partial charge in [-0.05, 0) is 69.4 Å². The minimum absolute atomic E-state index is 0.0591. The minimum atomic E-state index is -0.412. The lowest BCUT2D eigenvalue weighted by atomic mass is 10.0. The number of rotatable bonds is 7. The molecule has 0 aliphatic heterocycles. The van der Waals surface area contributed by atoms with E-state index in [1.807, 2.05) is 32.0 Å². The Bertz CT molecular complexity index is 997. The van der Waals surface area contributed by atoms with Gasteiger partial charge in [-0.3, -0.25) is 4.79 Å². The number of allylic oxidation sites excluding steroid dienone is 3. The highest BCUT2D eigenvalue weighted by atomic mass is 16.3. The van der Waals surface area contributed by atoms with Crippen molar-refractivity contribution in [2.45, 2.75) is 58.4 Å². The van der Waals surface area contributed by atoms with Gasteiger partial charge in [0.2, 0.25) is 0 Å². The molecule has 3 N–H and O–H groups in total. The highest BCUT2D eigenvalue weighted by Crippen LogP contribution is 2.20. The maximum atomic E-state index is 12.4. The molecule has 2 aromatic rings. The first-order valence-electron chi connectivity index (χ1n) is 10.5. The molecule has 1 aromatic heterocycles. The van der Waals surface area contributed by atoms with E-state index in [0.717, 1.165) is 29.7 Å². The summed E-state index contributed by atoms with van der Waals surface area (Å²) in [5.41, 5.74) is 3.14. The van der Waals surface area contributed by atoms with Gasteiger partial charge >= 0.3 is 5.69 Å². The number of H-pyrrole nitrogens is 1. The topological polar surface area (TPSA) is 95.1 Å². The van der Waals surface area contributed by atoms with Gasteiger partial charge in [0, 0.05) is 22.9 Å². The summed E-state index contributed by atoms with van der Waals surface area (Å²) in [6.07, 6.45) is 9.07. The average molecular weight is 408 g/mol. The van der Waals surface area contributed by atoms with E-state index >= 15 is 0 Å². The molecular weight excluding hydrogens is 378 g/mol. The molecule has 0 unspecified atom stereocenters. The van der Waals surface area contributed by atoms with E-state index in [4.69, 9.17) is 0 Å². The Morgan fingerprint density at radius 3 is 2.63 bits per heavy atom. The number of aromatic amines is 1. The molecule has 1 aliphatic carbocycles. The Hall–Kier alpha value is -3.15. The number of amides is 1. The van der Waals surface area contributed by atoms with E-state index in [0.29, 0.717) is 24.1 Å². The molecule has 0 saturated heterocycles. The molecule has 0 atom stereocenters. The summed E-state index contributed by atoms with van der Waals surface area (Å²) in [6.45, 7) is 3.71. The number of benzene rings is 1. The first kappa shape index (κ1) is 21.6. The van der Waals surface area contributed by atoms with E-state index in [2.05, 4.69) is 15.3 Å². The number of nitrogens with one attached hydrogen (secondary N) is 2. The van der Waals surface area contributed by atoms with Crippen LogP contribution in [0.25, 0.3) is 11.3 Å². The fraction of sp³-hybridized carbons (Fsp3) is 0.375. The molecule has 0 spiro atoms. The van der Waals surface area contributed by atoms with Gasteiger partial charge in [0.15, 0.2) is 0 Å². The summed E-state index contributed by atoms with van der Waals surface area (Å²) in [5.74, 6) is 0.191. The van der Waals surface area contributed by atoms with Crippen molar-refractivity contribution < 1.29 is 9.90 Å². The summed E-state index contributed by atoms with van der Waals surface area (Å²) < 4.78 is 0. The number of carbonyl (C=O) groups excluding carboxylic acids is 1. The number of carbonyl (C=O) groups is 1. The number of aromatic nitrogens is 2. The van der Waals surface area contributed by atoms with Crippen molar-refractivity contribution in [1.82, 2.24) is 15.3 Å². The molecule has 1 amide bonds. The van der Waals surface area contributed by atoms with Crippen LogP contribution in [0.5, 0.6) is 0 Å². The van der Waals surface area contributed by atoms with E-state index in [-0.39, 0.29) is 17.7 Å². The first-order chi connectivity index (χ1) is 14.5. The van der Waals surface area contributed by atoms with Crippen molar-refractivity contribution in [3.05, 3.63) is 75.6 Å². The normalized spacial score (nSPS) is 15.4. The van der Waals surface area contributed by atoms with E-state index < -0.39 is 5.69 Å². The van der Waals surface area contributed by atoms with Gasteiger partial charge in [-0.2, -0.15) is 4.98 Å². The highest BCUT2D eigenvalue weighted by molar-refractivity contribution is 5.94. The van der Waals surface area contributed by atoms with Gasteiger partial charge in [0.1, 0.15) is 5.76 Å². The average Bonchev–Trinajstić information content (AvgIpc) is 3.25. The second-order valence-corrected chi connectivity index (χ2v) is 7.79. The molecule has 6 nitrogen and oxygen atoms in total. The lowest BCUT2D eigenvalue weighted by molar-refractivity contribution is 0.0938. The molecule has 1 heterocycles. The number of hydrogen-bond acceptors (Lipinski definition) is 4. The maximum Gasteiger partial charge on any atom is 0.345 e. The van der Waals surface area contributed by atoms with Crippen LogP contribution >= 0.6 is 0 Å². The molecule has 1 aromatic carbocycles. The van der Waals surface area contributed by atoms with Gasteiger partial charge < -0.3 is 15.4 Å². The van der Waals surface area contributed by atoms with Crippen LogP contribution in [0.4, 0.5) is 0 Å². The van der Waals surface area contributed by atoms with Gasteiger partial charge in [-0.1, -0.05) is 31.1 Å². The molecule has 158 valence electrons. The summed E-state index contributed by atoms with van der Waals surface area (Å²) in [4.78, 5) is 31.3. The molecular formula is C24H29N3O3. The Kier molecular flexibility index (Phi) is 7.22. The predicted octanol–water partition coefficient (Wildman–Crippen LogP) is 4.45. The van der Waals surface area contributed by atoms with Crippen LogP contribution in [0.3, 0.4) is 0 Å². The van der Waals surface area contributed by atoms with Crippen molar-refractivity contribution in [1.29, 1.82) is 0 Å². The van der Waals surface area contributed by atoms with Crippen LogP contribution in [-0.4, -0.2) is 27.0 Å². The molecule has 1 aliphatic rings. The second-order valence-electron chi connectivity index (χ2n) is 7.79. The number of aliphatic hydroxyl groups excluding tert-OH is 1. The van der Waals surface area contributed by atoms with Gasteiger partial charge in [-0.25, -0.2) is 4.79 Å². The fourth-order valence-corrected chi connectivity index (χ4v) is 3.67. The van der Waals surface area contributed by atoms with Crippen LogP contribution in [0.1, 0.15) is 62.0 Å². The molecule has 1 saturated carbocycles. The summed E-state index contributed by atoms with van der Waals surface area (Å²) >= 11 is 0. The largest absolute Gasteiger partial charge is 0.508 e. The summed E-state index contributed by atoms with van der Waals surface area (Å²) in [6, 6.07) is 9.29. The van der Waals surface area contributed by atoms with Crippen molar-refractivity contribution in [3.63, 3.8) is 0 Å². The smallest absolute Gasteiger partial charge is 0.345 e. The lowest BCUT2D eigenvalue weighted by Crippen LogP contribution is -2.32. The maximum absolute atomic E-state index is 12.4. The second kappa shape index (κ2) is 10.1.